The molecule has 0 fully saturated rings. The van der Waals surface area contributed by atoms with Crippen molar-refractivity contribution < 1.29 is 4.42 Å². The Hall–Kier alpha value is -1.92. The van der Waals surface area contributed by atoms with Crippen LogP contribution < -0.4 is 5.73 Å². The quantitative estimate of drug-likeness (QED) is 0.795. The van der Waals surface area contributed by atoms with Gasteiger partial charge in [-0.2, -0.15) is 0 Å². The third-order valence-electron chi connectivity index (χ3n) is 4.31. The number of hydrogen-bond acceptors (Lipinski definition) is 6. The molecule has 3 aromatic heterocycles. The van der Waals surface area contributed by atoms with Gasteiger partial charge >= 0.3 is 0 Å². The molecule has 1 aliphatic rings. The van der Waals surface area contributed by atoms with E-state index in [9.17, 15) is 0 Å². The Balaban J connectivity index is 1.61. The predicted octanol–water partition coefficient (Wildman–Crippen LogP) is 3.38. The zero-order valence-corrected chi connectivity index (χ0v) is 14.0. The van der Waals surface area contributed by atoms with Gasteiger partial charge in [0.15, 0.2) is 0 Å². The highest BCUT2D eigenvalue weighted by atomic mass is 32.1. The summed E-state index contributed by atoms with van der Waals surface area (Å²) >= 11 is 1.79. The number of nitrogen functional groups attached to an aromatic ring is 1. The van der Waals surface area contributed by atoms with Gasteiger partial charge in [-0.1, -0.05) is 0 Å². The van der Waals surface area contributed by atoms with Gasteiger partial charge in [0.25, 0.3) is 0 Å². The van der Waals surface area contributed by atoms with Crippen LogP contribution in [-0.2, 0) is 25.9 Å². The first-order valence-corrected chi connectivity index (χ1v) is 8.80. The van der Waals surface area contributed by atoms with Crippen LogP contribution in [0.25, 0.3) is 10.2 Å². The minimum Gasteiger partial charge on any atom is -0.468 e. The molecule has 0 bridgehead atoms. The van der Waals surface area contributed by atoms with Crippen molar-refractivity contribution in [2.24, 2.45) is 0 Å². The van der Waals surface area contributed by atoms with Crippen LogP contribution in [0.15, 0.2) is 22.8 Å². The fourth-order valence-corrected chi connectivity index (χ4v) is 4.56. The number of rotatable bonds is 4. The number of thiophene rings is 1. The number of anilines is 1. The minimum atomic E-state index is 0.635. The van der Waals surface area contributed by atoms with E-state index < -0.39 is 0 Å². The lowest BCUT2D eigenvalue weighted by Crippen LogP contribution is -2.19. The van der Waals surface area contributed by atoms with Crippen molar-refractivity contribution in [3.05, 3.63) is 40.4 Å². The minimum absolute atomic E-state index is 0.635. The van der Waals surface area contributed by atoms with Crippen molar-refractivity contribution in [3.8, 4) is 0 Å². The molecule has 120 valence electrons. The molecule has 1 aliphatic carbocycles. The van der Waals surface area contributed by atoms with E-state index in [1.807, 2.05) is 19.2 Å². The maximum absolute atomic E-state index is 6.26. The average molecular weight is 328 g/mol. The average Bonchev–Trinajstić information content (AvgIpc) is 3.13. The second kappa shape index (κ2) is 5.94. The maximum atomic E-state index is 6.26. The summed E-state index contributed by atoms with van der Waals surface area (Å²) in [4.78, 5) is 13.9. The van der Waals surface area contributed by atoms with Crippen LogP contribution in [0.2, 0.25) is 0 Å². The van der Waals surface area contributed by atoms with Gasteiger partial charge in [0.1, 0.15) is 22.2 Å². The number of nitrogens with two attached hydrogens (primary N) is 1. The molecule has 3 aromatic rings. The van der Waals surface area contributed by atoms with Crippen molar-refractivity contribution in [2.45, 2.75) is 38.8 Å². The highest BCUT2D eigenvalue weighted by molar-refractivity contribution is 7.19. The van der Waals surface area contributed by atoms with Gasteiger partial charge in [-0.15, -0.1) is 11.3 Å². The zero-order valence-electron chi connectivity index (χ0n) is 13.2. The molecule has 0 unspecified atom stereocenters. The molecule has 2 N–H and O–H groups in total. The van der Waals surface area contributed by atoms with E-state index in [0.29, 0.717) is 12.4 Å². The summed E-state index contributed by atoms with van der Waals surface area (Å²) in [7, 11) is 2.03. The van der Waals surface area contributed by atoms with E-state index >= 15 is 0 Å². The molecular formula is C17H20N4OS. The summed E-state index contributed by atoms with van der Waals surface area (Å²) < 4.78 is 5.39. The van der Waals surface area contributed by atoms with Gasteiger partial charge in [0, 0.05) is 4.88 Å². The van der Waals surface area contributed by atoms with Gasteiger partial charge in [-0.25, -0.2) is 9.97 Å². The molecule has 0 radical (unpaired) electrons. The summed E-state index contributed by atoms with van der Waals surface area (Å²) in [6, 6.07) is 3.88. The van der Waals surface area contributed by atoms with Gasteiger partial charge in [-0.05, 0) is 50.4 Å². The molecule has 6 heteroatoms. The van der Waals surface area contributed by atoms with Crippen molar-refractivity contribution >= 4 is 27.4 Å². The first kappa shape index (κ1) is 14.7. The summed E-state index contributed by atoms with van der Waals surface area (Å²) in [5.41, 5.74) is 7.65. The van der Waals surface area contributed by atoms with Crippen molar-refractivity contribution in [1.82, 2.24) is 14.9 Å². The third kappa shape index (κ3) is 2.84. The van der Waals surface area contributed by atoms with Gasteiger partial charge in [-0.3, -0.25) is 4.90 Å². The molecule has 0 aromatic carbocycles. The van der Waals surface area contributed by atoms with Crippen LogP contribution in [0.4, 0.5) is 5.82 Å². The van der Waals surface area contributed by atoms with Crippen molar-refractivity contribution in [1.29, 1.82) is 0 Å². The number of aryl methyl sites for hydroxylation is 2. The molecular weight excluding hydrogens is 308 g/mol. The summed E-state index contributed by atoms with van der Waals surface area (Å²) in [6.45, 7) is 1.39. The van der Waals surface area contributed by atoms with Crippen molar-refractivity contribution in [3.63, 3.8) is 0 Å². The predicted molar refractivity (Wildman–Crippen MR) is 92.3 cm³/mol. The fraction of sp³-hybridized carbons (Fsp3) is 0.412. The molecule has 0 spiro atoms. The van der Waals surface area contributed by atoms with Crippen LogP contribution in [0.5, 0.6) is 0 Å². The van der Waals surface area contributed by atoms with E-state index in [1.54, 1.807) is 17.6 Å². The second-order valence-corrected chi connectivity index (χ2v) is 7.25. The lowest BCUT2D eigenvalue weighted by molar-refractivity contribution is 0.282. The molecule has 0 amide bonds. The summed E-state index contributed by atoms with van der Waals surface area (Å²) in [5, 5.41) is 1.10. The Morgan fingerprint density at radius 3 is 2.96 bits per heavy atom. The molecule has 0 atom stereocenters. The summed E-state index contributed by atoms with van der Waals surface area (Å²) in [5.74, 6) is 2.35. The molecule has 23 heavy (non-hydrogen) atoms. The Morgan fingerprint density at radius 2 is 2.13 bits per heavy atom. The van der Waals surface area contributed by atoms with Crippen LogP contribution in [0, 0.1) is 0 Å². The maximum Gasteiger partial charge on any atom is 0.146 e. The van der Waals surface area contributed by atoms with E-state index in [1.165, 1.54) is 23.3 Å². The van der Waals surface area contributed by atoms with Gasteiger partial charge in [0.05, 0.1) is 24.7 Å². The zero-order chi connectivity index (χ0) is 15.8. The molecule has 3 heterocycles. The SMILES string of the molecule is CN(Cc1nc(N)c2c3c(sc2n1)CCCC3)Cc1ccco1. The molecule has 0 aliphatic heterocycles. The van der Waals surface area contributed by atoms with Crippen LogP contribution >= 0.6 is 11.3 Å². The van der Waals surface area contributed by atoms with E-state index in [4.69, 9.17) is 15.1 Å². The number of aromatic nitrogens is 2. The van der Waals surface area contributed by atoms with Gasteiger partial charge in [0.2, 0.25) is 0 Å². The van der Waals surface area contributed by atoms with Crippen LogP contribution in [0.3, 0.4) is 0 Å². The monoisotopic (exact) mass is 328 g/mol. The largest absolute Gasteiger partial charge is 0.468 e. The standard InChI is InChI=1S/C17H20N4OS/c1-21(9-11-5-4-8-22-11)10-14-19-16(18)15-12-6-2-3-7-13(12)23-17(15)20-14/h4-5,8H,2-3,6-7,9-10H2,1H3,(H2,18,19,20). The first-order valence-electron chi connectivity index (χ1n) is 7.98. The normalized spacial score (nSPS) is 14.5. The van der Waals surface area contributed by atoms with Crippen LogP contribution in [0.1, 0.15) is 34.9 Å². The molecule has 0 saturated heterocycles. The highest BCUT2D eigenvalue weighted by Gasteiger charge is 2.20. The smallest absolute Gasteiger partial charge is 0.146 e. The molecule has 5 nitrogen and oxygen atoms in total. The highest BCUT2D eigenvalue weighted by Crippen LogP contribution is 2.37. The third-order valence-corrected chi connectivity index (χ3v) is 5.49. The molecule has 4 rings (SSSR count). The Morgan fingerprint density at radius 1 is 1.26 bits per heavy atom. The summed E-state index contributed by atoms with van der Waals surface area (Å²) in [6.07, 6.45) is 6.47. The second-order valence-electron chi connectivity index (χ2n) is 6.17. The number of furan rings is 1. The van der Waals surface area contributed by atoms with Crippen LogP contribution in [-0.4, -0.2) is 21.9 Å². The number of hydrogen-bond donors (Lipinski definition) is 1. The first-order chi connectivity index (χ1) is 11.2. The number of nitrogens with zero attached hydrogens (tertiary/aromatic N) is 3. The molecule has 0 saturated carbocycles. The van der Waals surface area contributed by atoms with Gasteiger partial charge < -0.3 is 10.2 Å². The fourth-order valence-electron chi connectivity index (χ4n) is 3.27. The lowest BCUT2D eigenvalue weighted by atomic mass is 9.97. The van der Waals surface area contributed by atoms with E-state index in [2.05, 4.69) is 9.88 Å². The van der Waals surface area contributed by atoms with Crippen molar-refractivity contribution in [2.75, 3.05) is 12.8 Å². The Labute approximate surface area is 139 Å². The van der Waals surface area contributed by atoms with E-state index in [-0.39, 0.29) is 0 Å². The Kier molecular flexibility index (Phi) is 3.79. The Bertz CT molecular complexity index is 825. The topological polar surface area (TPSA) is 68.2 Å². The van der Waals surface area contributed by atoms with E-state index in [0.717, 1.165) is 41.2 Å². The lowest BCUT2D eigenvalue weighted by Gasteiger charge is -2.14. The number of fused-ring (bicyclic) bond motifs is 3.